The summed E-state index contributed by atoms with van der Waals surface area (Å²) in [7, 11) is 0. The van der Waals surface area contributed by atoms with E-state index in [1.165, 1.54) is 48.8 Å². The topological polar surface area (TPSA) is 33.6 Å². The Bertz CT molecular complexity index is 2630. The Kier molecular flexibility index (Phi) is 5.64. The number of nitrogens with one attached hydrogen (secondary N) is 1. The normalized spacial score (nSPS) is 15.2. The molecule has 0 aromatic heterocycles. The molecule has 0 spiro atoms. The fourth-order valence-electron chi connectivity index (χ4n) is 7.51. The van der Waals surface area contributed by atoms with Gasteiger partial charge >= 0.3 is 0 Å². The van der Waals surface area contributed by atoms with E-state index in [9.17, 15) is 0 Å². The molecule has 2 heterocycles. The lowest BCUT2D eigenvalue weighted by atomic mass is 9.88. The van der Waals surface area contributed by atoms with Crippen LogP contribution in [0.4, 0.5) is 0 Å². The molecule has 47 heavy (non-hydrogen) atoms. The van der Waals surface area contributed by atoms with Crippen LogP contribution in [-0.2, 0) is 0 Å². The fourth-order valence-corrected chi connectivity index (χ4v) is 7.51. The van der Waals surface area contributed by atoms with E-state index >= 15 is 0 Å². The van der Waals surface area contributed by atoms with Gasteiger partial charge in [0.1, 0.15) is 17.3 Å². The van der Waals surface area contributed by atoms with Gasteiger partial charge in [0.15, 0.2) is 0 Å². The van der Waals surface area contributed by atoms with Crippen LogP contribution in [0.3, 0.4) is 0 Å². The Morgan fingerprint density at radius 1 is 0.489 bits per heavy atom. The number of benzene rings is 8. The number of aliphatic imine (C=N–C) groups is 1. The van der Waals surface area contributed by atoms with Crippen LogP contribution in [0.15, 0.2) is 163 Å². The maximum Gasteiger partial charge on any atom is 0.135 e. The Morgan fingerprint density at radius 2 is 1.26 bits per heavy atom. The van der Waals surface area contributed by atoms with Crippen molar-refractivity contribution in [2.24, 2.45) is 4.99 Å². The van der Waals surface area contributed by atoms with Gasteiger partial charge in [-0.25, -0.2) is 4.99 Å². The Balaban J connectivity index is 1.21. The predicted octanol–water partition coefficient (Wildman–Crippen LogP) is 11.2. The number of rotatable bonds is 3. The van der Waals surface area contributed by atoms with Crippen LogP contribution < -0.4 is 10.1 Å². The molecule has 220 valence electrons. The number of fused-ring (bicyclic) bond motifs is 6. The van der Waals surface area contributed by atoms with Gasteiger partial charge in [-0.05, 0) is 85.2 Å². The van der Waals surface area contributed by atoms with E-state index in [4.69, 9.17) is 9.73 Å². The molecule has 0 fully saturated rings. The van der Waals surface area contributed by atoms with Gasteiger partial charge in [-0.2, -0.15) is 0 Å². The van der Waals surface area contributed by atoms with Crippen molar-refractivity contribution in [2.45, 2.75) is 6.04 Å². The molecule has 3 heteroatoms. The molecule has 0 aliphatic carbocycles. The molecule has 0 radical (unpaired) electrons. The molecule has 8 aromatic rings. The van der Waals surface area contributed by atoms with Crippen LogP contribution in [0.2, 0.25) is 0 Å². The van der Waals surface area contributed by atoms with Crippen molar-refractivity contribution >= 4 is 54.6 Å². The molecule has 1 atom stereocenters. The summed E-state index contributed by atoms with van der Waals surface area (Å²) < 4.78 is 6.44. The number of amidine groups is 1. The van der Waals surface area contributed by atoms with Gasteiger partial charge in [-0.1, -0.05) is 121 Å². The van der Waals surface area contributed by atoms with Crippen molar-refractivity contribution in [3.05, 3.63) is 174 Å². The second kappa shape index (κ2) is 10.2. The highest BCUT2D eigenvalue weighted by atomic mass is 16.5. The molecule has 8 aromatic carbocycles. The molecule has 2 aliphatic heterocycles. The Hall–Kier alpha value is -6.19. The minimum atomic E-state index is -0.121. The third-order valence-electron chi connectivity index (χ3n) is 9.67. The third-order valence-corrected chi connectivity index (χ3v) is 9.67. The van der Waals surface area contributed by atoms with Crippen LogP contribution >= 0.6 is 0 Å². The van der Waals surface area contributed by atoms with Crippen molar-refractivity contribution in [1.29, 1.82) is 0 Å². The first-order chi connectivity index (χ1) is 23.3. The van der Waals surface area contributed by atoms with Crippen LogP contribution in [0.1, 0.15) is 22.7 Å². The minimum absolute atomic E-state index is 0.121. The van der Waals surface area contributed by atoms with Gasteiger partial charge in [0.05, 0.1) is 11.7 Å². The Morgan fingerprint density at radius 3 is 2.15 bits per heavy atom. The Labute approximate surface area is 272 Å². The third kappa shape index (κ3) is 4.10. The molecule has 1 N–H and O–H groups in total. The molecular formula is C44H28N2O. The average Bonchev–Trinajstić information content (AvgIpc) is 3.14. The van der Waals surface area contributed by atoms with Crippen molar-refractivity contribution < 1.29 is 4.74 Å². The molecule has 2 aliphatic rings. The van der Waals surface area contributed by atoms with Gasteiger partial charge in [0.25, 0.3) is 0 Å². The highest BCUT2D eigenvalue weighted by Crippen LogP contribution is 2.47. The first-order valence-electron chi connectivity index (χ1n) is 16.1. The van der Waals surface area contributed by atoms with Gasteiger partial charge in [0.2, 0.25) is 0 Å². The van der Waals surface area contributed by atoms with Crippen LogP contribution in [0, 0.1) is 0 Å². The monoisotopic (exact) mass is 600 g/mol. The zero-order valence-electron chi connectivity index (χ0n) is 25.4. The summed E-state index contributed by atoms with van der Waals surface area (Å²) in [6, 6.07) is 53.8. The van der Waals surface area contributed by atoms with Gasteiger partial charge in [-0.15, -0.1) is 0 Å². The molecule has 0 bridgehead atoms. The molecule has 0 saturated heterocycles. The average molecular weight is 601 g/mol. The van der Waals surface area contributed by atoms with Gasteiger partial charge in [-0.3, -0.25) is 0 Å². The van der Waals surface area contributed by atoms with E-state index in [0.717, 1.165) is 45.1 Å². The maximum absolute atomic E-state index is 6.44. The van der Waals surface area contributed by atoms with Crippen molar-refractivity contribution in [3.63, 3.8) is 0 Å². The number of hydrogen-bond acceptors (Lipinski definition) is 3. The lowest BCUT2D eigenvalue weighted by Gasteiger charge is -2.27. The minimum Gasteiger partial charge on any atom is -0.456 e. The lowest BCUT2D eigenvalue weighted by Crippen LogP contribution is -2.31. The summed E-state index contributed by atoms with van der Waals surface area (Å²) in [6.45, 7) is 0. The smallest absolute Gasteiger partial charge is 0.135 e. The maximum atomic E-state index is 6.44. The summed E-state index contributed by atoms with van der Waals surface area (Å²) >= 11 is 0. The van der Waals surface area contributed by atoms with E-state index in [0.29, 0.717) is 0 Å². The number of hydrogen-bond donors (Lipinski definition) is 1. The van der Waals surface area contributed by atoms with Gasteiger partial charge < -0.3 is 10.1 Å². The SMILES string of the molecule is C1=C(c2ccc3c(c2)-c2cccc4cccc(c24)O3)N=C(c2ccccc2)NC1c1c2ccccc2cc2c1ccc1ccccc12. The zero-order chi connectivity index (χ0) is 30.9. The van der Waals surface area contributed by atoms with Crippen molar-refractivity contribution in [3.8, 4) is 22.6 Å². The van der Waals surface area contributed by atoms with E-state index in [-0.39, 0.29) is 6.04 Å². The van der Waals surface area contributed by atoms with E-state index in [2.05, 4.69) is 157 Å². The largest absolute Gasteiger partial charge is 0.456 e. The molecular weight excluding hydrogens is 572 g/mol. The molecule has 0 saturated carbocycles. The summed E-state index contributed by atoms with van der Waals surface area (Å²) in [5, 5.41) is 13.7. The first kappa shape index (κ1) is 26.1. The molecule has 3 nitrogen and oxygen atoms in total. The molecule has 1 unspecified atom stereocenters. The summed E-state index contributed by atoms with van der Waals surface area (Å²) in [6.07, 6.45) is 2.29. The predicted molar refractivity (Wildman–Crippen MR) is 195 cm³/mol. The highest BCUT2D eigenvalue weighted by molar-refractivity contribution is 6.15. The van der Waals surface area contributed by atoms with E-state index in [1.54, 1.807) is 0 Å². The summed E-state index contributed by atoms with van der Waals surface area (Å²) in [5.41, 5.74) is 6.57. The van der Waals surface area contributed by atoms with Crippen LogP contribution in [0.5, 0.6) is 11.5 Å². The van der Waals surface area contributed by atoms with Gasteiger partial charge in [0, 0.05) is 22.1 Å². The second-order valence-electron chi connectivity index (χ2n) is 12.4. The molecule has 10 rings (SSSR count). The van der Waals surface area contributed by atoms with Crippen LogP contribution in [0.25, 0.3) is 59.9 Å². The molecule has 0 amide bonds. The van der Waals surface area contributed by atoms with E-state index in [1.807, 2.05) is 6.07 Å². The van der Waals surface area contributed by atoms with E-state index < -0.39 is 0 Å². The van der Waals surface area contributed by atoms with Crippen LogP contribution in [-0.4, -0.2) is 5.84 Å². The van der Waals surface area contributed by atoms with Crippen molar-refractivity contribution in [1.82, 2.24) is 5.32 Å². The lowest BCUT2D eigenvalue weighted by molar-refractivity contribution is 0.487. The first-order valence-corrected chi connectivity index (χ1v) is 16.1. The van der Waals surface area contributed by atoms with Crippen molar-refractivity contribution in [2.75, 3.05) is 0 Å². The quantitative estimate of drug-likeness (QED) is 0.162. The highest BCUT2D eigenvalue weighted by Gasteiger charge is 2.26. The summed E-state index contributed by atoms with van der Waals surface area (Å²) in [5.74, 6) is 2.63. The summed E-state index contributed by atoms with van der Waals surface area (Å²) in [4.78, 5) is 5.28. The standard InChI is InChI=1S/C44H28N2O/c1-2-11-29(12-3-1)44-45-38(31-21-23-40-37(25-31)34-18-8-14-28-15-9-19-41(47-40)42(28)34)26-39(46-44)43-33-17-7-5-13-30(33)24-36-32-16-6-4-10-27(32)20-22-35(36)43/h1-26,39H,(H,45,46). The fraction of sp³-hybridized carbons (Fsp3) is 0.0227. The number of ether oxygens (including phenoxy) is 1. The zero-order valence-corrected chi connectivity index (χ0v) is 25.4. The number of nitrogens with zero attached hydrogens (tertiary/aromatic N) is 1. The second-order valence-corrected chi connectivity index (χ2v) is 12.4.